The molecule has 0 saturated heterocycles. The molecular formula is C15H20N2O3S. The van der Waals surface area contributed by atoms with Crippen LogP contribution in [0.4, 0.5) is 11.4 Å². The van der Waals surface area contributed by atoms with Crippen molar-refractivity contribution in [3.8, 4) is 0 Å². The standard InChI is InChI=1S/C15H20N2O3S/c1-11(9-21-7-6-15(19)20-3)12-4-5-13(16-2)14(8-12)17-10-18/h4-5,8,10,16H,1,6-7,9H2,2-3H3,(H,17,18). The molecule has 0 saturated carbocycles. The van der Waals surface area contributed by atoms with E-state index in [1.807, 2.05) is 18.2 Å². The molecule has 0 fully saturated rings. The molecule has 114 valence electrons. The smallest absolute Gasteiger partial charge is 0.306 e. The van der Waals surface area contributed by atoms with Gasteiger partial charge in [0.1, 0.15) is 0 Å². The van der Waals surface area contributed by atoms with Gasteiger partial charge < -0.3 is 15.4 Å². The van der Waals surface area contributed by atoms with Gasteiger partial charge in [-0.3, -0.25) is 9.59 Å². The van der Waals surface area contributed by atoms with E-state index in [0.29, 0.717) is 24.3 Å². The molecule has 21 heavy (non-hydrogen) atoms. The third kappa shape index (κ3) is 5.51. The number of carbonyl (C=O) groups is 2. The van der Waals surface area contributed by atoms with E-state index in [1.165, 1.54) is 7.11 Å². The molecule has 0 unspecified atom stereocenters. The molecule has 2 N–H and O–H groups in total. The van der Waals surface area contributed by atoms with Gasteiger partial charge in [0.15, 0.2) is 0 Å². The summed E-state index contributed by atoms with van der Waals surface area (Å²) in [5, 5.41) is 5.67. The second-order valence-electron chi connectivity index (χ2n) is 4.25. The summed E-state index contributed by atoms with van der Waals surface area (Å²) in [5.41, 5.74) is 3.47. The highest BCUT2D eigenvalue weighted by atomic mass is 32.2. The van der Waals surface area contributed by atoms with E-state index in [1.54, 1.807) is 18.8 Å². The first-order chi connectivity index (χ1) is 10.1. The molecule has 5 nitrogen and oxygen atoms in total. The lowest BCUT2D eigenvalue weighted by atomic mass is 10.1. The van der Waals surface area contributed by atoms with Crippen molar-refractivity contribution < 1.29 is 14.3 Å². The van der Waals surface area contributed by atoms with Gasteiger partial charge in [0.2, 0.25) is 6.41 Å². The molecule has 0 spiro atoms. The van der Waals surface area contributed by atoms with Gasteiger partial charge in [-0.1, -0.05) is 12.6 Å². The predicted molar refractivity (Wildman–Crippen MR) is 88.7 cm³/mol. The number of nitrogens with one attached hydrogen (secondary N) is 2. The molecule has 0 aromatic heterocycles. The van der Waals surface area contributed by atoms with E-state index in [4.69, 9.17) is 0 Å². The summed E-state index contributed by atoms with van der Waals surface area (Å²) in [4.78, 5) is 21.6. The zero-order chi connectivity index (χ0) is 15.7. The van der Waals surface area contributed by atoms with Crippen molar-refractivity contribution in [2.75, 3.05) is 36.3 Å². The number of esters is 1. The summed E-state index contributed by atoms with van der Waals surface area (Å²) in [5.74, 6) is 1.21. The minimum absolute atomic E-state index is 0.205. The average Bonchev–Trinajstić information content (AvgIpc) is 2.51. The lowest BCUT2D eigenvalue weighted by molar-refractivity contribution is -0.140. The van der Waals surface area contributed by atoms with Crippen molar-refractivity contribution in [2.45, 2.75) is 6.42 Å². The third-order valence-electron chi connectivity index (χ3n) is 2.87. The maximum absolute atomic E-state index is 11.0. The van der Waals surface area contributed by atoms with Gasteiger partial charge in [0, 0.05) is 18.6 Å². The molecule has 0 atom stereocenters. The number of ether oxygens (including phenoxy) is 1. The van der Waals surface area contributed by atoms with Crippen LogP contribution in [0.25, 0.3) is 5.57 Å². The van der Waals surface area contributed by atoms with Crippen LogP contribution in [0.15, 0.2) is 24.8 Å². The molecule has 6 heteroatoms. The van der Waals surface area contributed by atoms with Gasteiger partial charge in [0.25, 0.3) is 0 Å². The van der Waals surface area contributed by atoms with Crippen LogP contribution in [0.1, 0.15) is 12.0 Å². The Hall–Kier alpha value is -1.95. The van der Waals surface area contributed by atoms with Crippen LogP contribution in [0.3, 0.4) is 0 Å². The van der Waals surface area contributed by atoms with Crippen molar-refractivity contribution in [3.05, 3.63) is 30.3 Å². The van der Waals surface area contributed by atoms with Crippen LogP contribution in [0, 0.1) is 0 Å². The van der Waals surface area contributed by atoms with Crippen LogP contribution in [0.5, 0.6) is 0 Å². The summed E-state index contributed by atoms with van der Waals surface area (Å²) < 4.78 is 4.59. The van der Waals surface area contributed by atoms with E-state index in [2.05, 4.69) is 21.9 Å². The minimum Gasteiger partial charge on any atom is -0.469 e. The predicted octanol–water partition coefficient (Wildman–Crippen LogP) is 2.61. The molecule has 0 aliphatic heterocycles. The maximum atomic E-state index is 11.0. The molecule has 0 aliphatic carbocycles. The van der Waals surface area contributed by atoms with Crippen molar-refractivity contribution in [1.29, 1.82) is 0 Å². The number of amides is 1. The van der Waals surface area contributed by atoms with Gasteiger partial charge in [-0.15, -0.1) is 0 Å². The number of anilines is 2. The van der Waals surface area contributed by atoms with Crippen LogP contribution in [-0.2, 0) is 14.3 Å². The Labute approximate surface area is 129 Å². The van der Waals surface area contributed by atoms with Crippen molar-refractivity contribution in [2.24, 2.45) is 0 Å². The van der Waals surface area contributed by atoms with E-state index in [9.17, 15) is 9.59 Å². The molecule has 1 aromatic rings. The topological polar surface area (TPSA) is 67.4 Å². The average molecular weight is 308 g/mol. The number of thioether (sulfide) groups is 1. The molecule has 1 aromatic carbocycles. The number of hydrogen-bond acceptors (Lipinski definition) is 5. The summed E-state index contributed by atoms with van der Waals surface area (Å²) in [7, 11) is 3.18. The van der Waals surface area contributed by atoms with Crippen LogP contribution >= 0.6 is 11.8 Å². The monoisotopic (exact) mass is 308 g/mol. The molecule has 1 amide bonds. The second kappa shape index (κ2) is 9.07. The van der Waals surface area contributed by atoms with Gasteiger partial charge in [-0.05, 0) is 23.3 Å². The SMILES string of the molecule is C=C(CSCCC(=O)OC)c1ccc(NC)c(NC=O)c1. The number of benzene rings is 1. The largest absolute Gasteiger partial charge is 0.469 e. The van der Waals surface area contributed by atoms with Crippen molar-refractivity contribution in [1.82, 2.24) is 0 Å². The fourth-order valence-corrected chi connectivity index (χ4v) is 2.57. The van der Waals surface area contributed by atoms with E-state index in [-0.39, 0.29) is 5.97 Å². The lowest BCUT2D eigenvalue weighted by Crippen LogP contribution is -2.02. The zero-order valence-corrected chi connectivity index (χ0v) is 13.1. The van der Waals surface area contributed by atoms with Crippen LogP contribution < -0.4 is 10.6 Å². The Morgan fingerprint density at radius 1 is 1.43 bits per heavy atom. The normalized spacial score (nSPS) is 9.81. The van der Waals surface area contributed by atoms with Crippen molar-refractivity contribution in [3.63, 3.8) is 0 Å². The minimum atomic E-state index is -0.205. The molecule has 0 aliphatic rings. The third-order valence-corrected chi connectivity index (χ3v) is 3.91. The highest BCUT2D eigenvalue weighted by Crippen LogP contribution is 2.27. The quantitative estimate of drug-likeness (QED) is 0.417. The van der Waals surface area contributed by atoms with E-state index in [0.717, 1.165) is 22.6 Å². The fourth-order valence-electron chi connectivity index (χ4n) is 1.70. The molecule has 0 heterocycles. The summed E-state index contributed by atoms with van der Waals surface area (Å²) in [6, 6.07) is 5.72. The number of rotatable bonds is 9. The molecule has 0 bridgehead atoms. The summed E-state index contributed by atoms with van der Waals surface area (Å²) >= 11 is 1.62. The Balaban J connectivity index is 2.59. The summed E-state index contributed by atoms with van der Waals surface area (Å²) in [6.45, 7) is 4.04. The van der Waals surface area contributed by atoms with Gasteiger partial charge in [-0.2, -0.15) is 11.8 Å². The van der Waals surface area contributed by atoms with E-state index < -0.39 is 0 Å². The Morgan fingerprint density at radius 3 is 2.81 bits per heavy atom. The zero-order valence-electron chi connectivity index (χ0n) is 12.3. The highest BCUT2D eigenvalue weighted by molar-refractivity contribution is 7.99. The first kappa shape index (κ1) is 17.1. The van der Waals surface area contributed by atoms with Crippen LogP contribution in [-0.4, -0.2) is 38.0 Å². The first-order valence-electron chi connectivity index (χ1n) is 6.47. The van der Waals surface area contributed by atoms with Gasteiger partial charge in [0.05, 0.1) is 24.9 Å². The molecular weight excluding hydrogens is 288 g/mol. The lowest BCUT2D eigenvalue weighted by Gasteiger charge is -2.12. The Morgan fingerprint density at radius 2 is 2.19 bits per heavy atom. The van der Waals surface area contributed by atoms with Crippen LogP contribution in [0.2, 0.25) is 0 Å². The molecule has 0 radical (unpaired) electrons. The Bertz CT molecular complexity index is 518. The Kier molecular flexibility index (Phi) is 7.39. The van der Waals surface area contributed by atoms with E-state index >= 15 is 0 Å². The maximum Gasteiger partial charge on any atom is 0.306 e. The first-order valence-corrected chi connectivity index (χ1v) is 7.62. The summed E-state index contributed by atoms with van der Waals surface area (Å²) in [6.07, 6.45) is 1.04. The van der Waals surface area contributed by atoms with Gasteiger partial charge >= 0.3 is 5.97 Å². The number of methoxy groups -OCH3 is 1. The number of carbonyl (C=O) groups excluding carboxylic acids is 2. The van der Waals surface area contributed by atoms with Crippen molar-refractivity contribution >= 4 is 41.1 Å². The fraction of sp³-hybridized carbons (Fsp3) is 0.333. The number of hydrogen-bond donors (Lipinski definition) is 2. The highest BCUT2D eigenvalue weighted by Gasteiger charge is 2.06. The second-order valence-corrected chi connectivity index (χ2v) is 5.36. The van der Waals surface area contributed by atoms with Gasteiger partial charge in [-0.25, -0.2) is 0 Å². The molecule has 1 rings (SSSR count).